The highest BCUT2D eigenvalue weighted by Crippen LogP contribution is 2.50. The van der Waals surface area contributed by atoms with E-state index in [1.165, 1.54) is 59.4 Å². The number of pyridine rings is 1. The molecule has 18 heteroatoms. The SMILES string of the molecule is CC(C)(COC(C)(C)CNC(=O)c1ccc(-c2cc(=O)c3ccc(O)c(O)c3o2)cc1)CC(=O)NCC(O)C[n+]1cccc(CC(O)(C(=O)O)P(=O)(O)O)c1. The van der Waals surface area contributed by atoms with Crippen LogP contribution in [0.4, 0.5) is 0 Å². The fourth-order valence-electron chi connectivity index (χ4n) is 5.43. The van der Waals surface area contributed by atoms with Crippen LogP contribution in [0, 0.1) is 5.41 Å². The molecule has 4 rings (SSSR count). The van der Waals surface area contributed by atoms with Crippen molar-refractivity contribution in [2.24, 2.45) is 5.41 Å². The lowest BCUT2D eigenvalue weighted by atomic mass is 9.89. The predicted molar refractivity (Wildman–Crippen MR) is 196 cm³/mol. The first-order valence-corrected chi connectivity index (χ1v) is 18.6. The summed E-state index contributed by atoms with van der Waals surface area (Å²) in [6, 6.07) is 12.8. The maximum absolute atomic E-state index is 12.9. The number of aromatic hydroxyl groups is 2. The molecule has 0 aliphatic carbocycles. The molecule has 2 unspecified atom stereocenters. The van der Waals surface area contributed by atoms with Crippen LogP contribution in [0.2, 0.25) is 0 Å². The van der Waals surface area contributed by atoms with Gasteiger partial charge in [-0.15, -0.1) is 0 Å². The first-order chi connectivity index (χ1) is 25.5. The molecule has 0 aliphatic heterocycles. The van der Waals surface area contributed by atoms with E-state index in [1.807, 2.05) is 13.8 Å². The van der Waals surface area contributed by atoms with Gasteiger partial charge in [0.2, 0.25) is 11.7 Å². The van der Waals surface area contributed by atoms with E-state index in [9.17, 15) is 59.1 Å². The van der Waals surface area contributed by atoms with Crippen LogP contribution < -0.4 is 20.6 Å². The van der Waals surface area contributed by atoms with E-state index in [1.54, 1.807) is 26.0 Å². The number of benzene rings is 2. The van der Waals surface area contributed by atoms with Crippen molar-refractivity contribution in [3.05, 3.63) is 88.3 Å². The van der Waals surface area contributed by atoms with Crippen molar-refractivity contribution in [1.82, 2.24) is 10.6 Å². The fourth-order valence-corrected chi connectivity index (χ4v) is 6.07. The number of aliphatic hydroxyl groups excluding tert-OH is 1. The van der Waals surface area contributed by atoms with Crippen LogP contribution >= 0.6 is 7.60 Å². The standard InChI is InChI=1S/C37H44N3O14P/c1-35(2,16-30(44)38-17-25(41)19-40-13-5-6-22(18-40)15-37(49,34(47)48)55(50,51)52)21-53-36(3,4)20-39-33(46)24-9-7-23(8-10-24)29-14-28(43)26-11-12-27(42)31(45)32(26)54-29/h5-14,18,25,41,49H,15-17,19-21H2,1-4H3,(H6-,38,39,42,43,44,45,46,47,48,50,51,52)/p+1. The molecule has 0 aliphatic rings. The number of nitrogens with one attached hydrogen (secondary N) is 2. The number of carboxylic acids is 1. The first kappa shape index (κ1) is 42.6. The molecule has 0 fully saturated rings. The fraction of sp³-hybridized carbons (Fsp3) is 0.378. The van der Waals surface area contributed by atoms with Crippen molar-refractivity contribution < 1.29 is 68.0 Å². The second-order valence-electron chi connectivity index (χ2n) is 14.6. The number of carbonyl (C=O) groups is 3. The van der Waals surface area contributed by atoms with Gasteiger partial charge in [-0.1, -0.05) is 26.0 Å². The number of ether oxygens (including phenoxy) is 1. The molecule has 9 N–H and O–H groups in total. The van der Waals surface area contributed by atoms with Gasteiger partial charge in [0.15, 0.2) is 35.7 Å². The number of carboxylic acid groups (broad SMARTS) is 1. The summed E-state index contributed by atoms with van der Waals surface area (Å²) in [5.41, 5.74) is -1.19. The number of phenolic OH excluding ortho intramolecular Hbond substituents is 2. The van der Waals surface area contributed by atoms with Crippen LogP contribution in [0.1, 0.15) is 50.0 Å². The van der Waals surface area contributed by atoms with Gasteiger partial charge in [0.25, 0.3) is 11.2 Å². The molecular formula is C37H45N3O14P+. The molecule has 0 spiro atoms. The Labute approximate surface area is 315 Å². The number of aliphatic hydroxyl groups is 2. The Balaban J connectivity index is 1.23. The van der Waals surface area contributed by atoms with Gasteiger partial charge >= 0.3 is 13.6 Å². The molecule has 0 radical (unpaired) electrons. The Morgan fingerprint density at radius 1 is 1.00 bits per heavy atom. The van der Waals surface area contributed by atoms with Crippen molar-refractivity contribution >= 4 is 36.3 Å². The highest BCUT2D eigenvalue weighted by atomic mass is 31.2. The molecule has 55 heavy (non-hydrogen) atoms. The molecule has 2 heterocycles. The topological polar surface area (TPSA) is 277 Å². The van der Waals surface area contributed by atoms with Gasteiger partial charge < -0.3 is 55.1 Å². The lowest BCUT2D eigenvalue weighted by Gasteiger charge is -2.32. The van der Waals surface area contributed by atoms with Crippen molar-refractivity contribution in [3.63, 3.8) is 0 Å². The highest BCUT2D eigenvalue weighted by molar-refractivity contribution is 7.54. The molecule has 0 saturated carbocycles. The van der Waals surface area contributed by atoms with Gasteiger partial charge in [-0.2, -0.15) is 0 Å². The molecule has 2 aromatic carbocycles. The molecule has 2 aromatic heterocycles. The Kier molecular flexibility index (Phi) is 12.9. The first-order valence-electron chi connectivity index (χ1n) is 17.0. The Bertz CT molecular complexity index is 2160. The molecule has 4 aromatic rings. The number of hydrogen-bond acceptors (Lipinski definition) is 11. The smallest absolute Gasteiger partial charge is 0.368 e. The Morgan fingerprint density at radius 3 is 2.31 bits per heavy atom. The number of aromatic nitrogens is 1. The summed E-state index contributed by atoms with van der Waals surface area (Å²) >= 11 is 0. The number of hydrogen-bond donors (Lipinski definition) is 9. The molecule has 0 saturated heterocycles. The zero-order valence-corrected chi connectivity index (χ0v) is 31.4. The Morgan fingerprint density at radius 2 is 1.67 bits per heavy atom. The zero-order chi connectivity index (χ0) is 40.9. The molecule has 2 atom stereocenters. The van der Waals surface area contributed by atoms with E-state index in [4.69, 9.17) is 9.15 Å². The average molecular weight is 787 g/mol. The number of nitrogens with zero attached hydrogens (tertiary/aromatic N) is 1. The average Bonchev–Trinajstić information content (AvgIpc) is 3.10. The van der Waals surface area contributed by atoms with Gasteiger partial charge in [-0.05, 0) is 49.6 Å². The third-order valence-electron chi connectivity index (χ3n) is 8.60. The lowest BCUT2D eigenvalue weighted by molar-refractivity contribution is -0.703. The van der Waals surface area contributed by atoms with Gasteiger partial charge in [-0.25, -0.2) is 9.36 Å². The third kappa shape index (κ3) is 11.0. The number of aliphatic carboxylic acids is 1. The van der Waals surface area contributed by atoms with Gasteiger partial charge in [0.05, 0.1) is 17.6 Å². The minimum atomic E-state index is -5.44. The maximum Gasteiger partial charge on any atom is 0.368 e. The third-order valence-corrected chi connectivity index (χ3v) is 9.91. The summed E-state index contributed by atoms with van der Waals surface area (Å²) in [6.07, 6.45) is 0.902. The molecule has 2 amide bonds. The summed E-state index contributed by atoms with van der Waals surface area (Å²) < 4.78 is 24.8. The summed E-state index contributed by atoms with van der Waals surface area (Å²) in [7, 11) is -5.44. The van der Waals surface area contributed by atoms with Crippen LogP contribution in [0.3, 0.4) is 0 Å². The summed E-state index contributed by atoms with van der Waals surface area (Å²) in [5, 5.41) is 52.0. The van der Waals surface area contributed by atoms with Crippen molar-refractivity contribution in [3.8, 4) is 22.8 Å². The summed E-state index contributed by atoms with van der Waals surface area (Å²) in [5.74, 6) is -3.69. The van der Waals surface area contributed by atoms with Gasteiger partial charge in [-0.3, -0.25) is 18.9 Å². The zero-order valence-electron chi connectivity index (χ0n) is 30.6. The maximum atomic E-state index is 12.9. The van der Waals surface area contributed by atoms with Crippen LogP contribution in [-0.2, 0) is 31.9 Å². The van der Waals surface area contributed by atoms with Gasteiger partial charge in [0.1, 0.15) is 11.9 Å². The van der Waals surface area contributed by atoms with Crippen LogP contribution in [0.15, 0.2) is 76.2 Å². The van der Waals surface area contributed by atoms with Crippen molar-refractivity contribution in [2.45, 2.75) is 64.1 Å². The monoisotopic (exact) mass is 786 g/mol. The molecular weight excluding hydrogens is 741 g/mol. The van der Waals surface area contributed by atoms with E-state index >= 15 is 0 Å². The summed E-state index contributed by atoms with van der Waals surface area (Å²) in [4.78, 5) is 68.4. The largest absolute Gasteiger partial charge is 0.504 e. The van der Waals surface area contributed by atoms with Gasteiger partial charge in [0, 0.05) is 54.8 Å². The number of phenols is 2. The van der Waals surface area contributed by atoms with Crippen molar-refractivity contribution in [1.29, 1.82) is 0 Å². The normalized spacial score (nSPS) is 13.9. The Hall–Kier alpha value is -5.16. The molecule has 296 valence electrons. The quantitative estimate of drug-likeness (QED) is 0.0419. The number of rotatable bonds is 17. The lowest BCUT2D eigenvalue weighted by Crippen LogP contribution is -2.46. The van der Waals surface area contributed by atoms with E-state index < -0.39 is 65.3 Å². The van der Waals surface area contributed by atoms with Crippen LogP contribution in [0.25, 0.3) is 22.3 Å². The van der Waals surface area contributed by atoms with E-state index in [0.29, 0.717) is 11.1 Å². The van der Waals surface area contributed by atoms with E-state index in [0.717, 1.165) is 0 Å². The predicted octanol–water partition coefficient (Wildman–Crippen LogP) is 1.77. The second-order valence-corrected chi connectivity index (χ2v) is 16.5. The highest BCUT2D eigenvalue weighted by Gasteiger charge is 2.53. The van der Waals surface area contributed by atoms with Crippen LogP contribution in [-0.4, -0.2) is 89.8 Å². The second kappa shape index (κ2) is 16.7. The number of carbonyl (C=O) groups excluding carboxylic acids is 2. The number of fused-ring (bicyclic) bond motifs is 1. The van der Waals surface area contributed by atoms with E-state index in [2.05, 4.69) is 10.6 Å². The van der Waals surface area contributed by atoms with Crippen molar-refractivity contribution in [2.75, 3.05) is 19.7 Å². The molecule has 17 nitrogen and oxygen atoms in total. The number of amides is 2. The summed E-state index contributed by atoms with van der Waals surface area (Å²) in [6.45, 7) is 7.25. The molecule has 0 bridgehead atoms. The minimum absolute atomic E-state index is 0.0331. The minimum Gasteiger partial charge on any atom is -0.504 e. The van der Waals surface area contributed by atoms with Crippen LogP contribution in [0.5, 0.6) is 11.5 Å². The van der Waals surface area contributed by atoms with E-state index in [-0.39, 0.29) is 60.9 Å².